The third kappa shape index (κ3) is 2.66. The summed E-state index contributed by atoms with van der Waals surface area (Å²) in [5, 5.41) is 2.78. The molecule has 3 unspecified atom stereocenters. The normalized spacial score (nSPS) is 33.8. The van der Waals surface area contributed by atoms with Gasteiger partial charge in [-0.3, -0.25) is 9.59 Å². The molecule has 2 amide bonds. The molecule has 18 heavy (non-hydrogen) atoms. The zero-order valence-corrected chi connectivity index (χ0v) is 11.3. The Bertz CT molecular complexity index is 343. The van der Waals surface area contributed by atoms with Crippen LogP contribution in [0.25, 0.3) is 0 Å². The summed E-state index contributed by atoms with van der Waals surface area (Å²) in [5.41, 5.74) is 0. The molecule has 5 nitrogen and oxygen atoms in total. The van der Waals surface area contributed by atoms with Crippen LogP contribution in [0.4, 0.5) is 0 Å². The monoisotopic (exact) mass is 254 g/mol. The molecule has 0 aromatic carbocycles. The van der Waals surface area contributed by atoms with Crippen LogP contribution in [0, 0.1) is 5.92 Å². The lowest BCUT2D eigenvalue weighted by Crippen LogP contribution is -2.63. The van der Waals surface area contributed by atoms with Crippen LogP contribution in [-0.2, 0) is 14.3 Å². The number of carbonyl (C=O) groups excluding carboxylic acids is 2. The Labute approximate surface area is 108 Å². The van der Waals surface area contributed by atoms with Gasteiger partial charge in [0.25, 0.3) is 0 Å². The van der Waals surface area contributed by atoms with Crippen LogP contribution >= 0.6 is 0 Å². The Balaban J connectivity index is 2.10. The van der Waals surface area contributed by atoms with Crippen molar-refractivity contribution in [3.8, 4) is 0 Å². The Kier molecular flexibility index (Phi) is 3.90. The highest BCUT2D eigenvalue weighted by Crippen LogP contribution is 2.22. The molecule has 5 heteroatoms. The Morgan fingerprint density at radius 1 is 1.39 bits per heavy atom. The van der Waals surface area contributed by atoms with Gasteiger partial charge >= 0.3 is 0 Å². The fourth-order valence-corrected chi connectivity index (χ4v) is 2.71. The lowest BCUT2D eigenvalue weighted by molar-refractivity contribution is -0.150. The van der Waals surface area contributed by atoms with Crippen LogP contribution in [-0.4, -0.2) is 48.1 Å². The number of piperazine rings is 1. The topological polar surface area (TPSA) is 58.6 Å². The molecule has 102 valence electrons. The highest BCUT2D eigenvalue weighted by molar-refractivity contribution is 5.95. The number of nitrogens with zero attached hydrogens (tertiary/aromatic N) is 1. The van der Waals surface area contributed by atoms with Gasteiger partial charge in [-0.2, -0.15) is 0 Å². The largest absolute Gasteiger partial charge is 0.378 e. The summed E-state index contributed by atoms with van der Waals surface area (Å²) in [5.74, 6) is 0.137. The number of rotatable bonds is 2. The smallest absolute Gasteiger partial charge is 0.246 e. The first-order valence-electron chi connectivity index (χ1n) is 6.70. The van der Waals surface area contributed by atoms with E-state index in [0.717, 1.165) is 12.8 Å². The van der Waals surface area contributed by atoms with Crippen molar-refractivity contribution in [2.45, 2.75) is 51.8 Å². The van der Waals surface area contributed by atoms with E-state index in [0.29, 0.717) is 6.61 Å². The minimum atomic E-state index is -0.371. The van der Waals surface area contributed by atoms with E-state index in [-0.39, 0.29) is 42.5 Å². The molecule has 0 aliphatic carbocycles. The lowest BCUT2D eigenvalue weighted by Gasteiger charge is -2.41. The van der Waals surface area contributed by atoms with E-state index in [1.807, 2.05) is 20.8 Å². The van der Waals surface area contributed by atoms with Gasteiger partial charge in [-0.15, -0.1) is 0 Å². The van der Waals surface area contributed by atoms with Crippen LogP contribution in [0.1, 0.15) is 33.6 Å². The van der Waals surface area contributed by atoms with Crippen LogP contribution in [0.5, 0.6) is 0 Å². The Morgan fingerprint density at radius 2 is 2.11 bits per heavy atom. The average Bonchev–Trinajstić information content (AvgIpc) is 2.31. The molecule has 2 aliphatic heterocycles. The molecule has 2 fully saturated rings. The van der Waals surface area contributed by atoms with E-state index < -0.39 is 0 Å². The van der Waals surface area contributed by atoms with Gasteiger partial charge < -0.3 is 15.0 Å². The van der Waals surface area contributed by atoms with Crippen molar-refractivity contribution < 1.29 is 14.3 Å². The molecule has 2 rings (SSSR count). The predicted octanol–water partition coefficient (Wildman–Crippen LogP) is 0.537. The number of ether oxygens (including phenoxy) is 1. The summed E-state index contributed by atoms with van der Waals surface area (Å²) in [7, 11) is 0. The van der Waals surface area contributed by atoms with Crippen molar-refractivity contribution in [1.82, 2.24) is 10.2 Å². The third-order valence-corrected chi connectivity index (χ3v) is 3.74. The first-order chi connectivity index (χ1) is 8.49. The van der Waals surface area contributed by atoms with E-state index in [9.17, 15) is 9.59 Å². The first-order valence-corrected chi connectivity index (χ1v) is 6.70. The molecular formula is C13H22N2O3. The molecule has 0 radical (unpaired) electrons. The van der Waals surface area contributed by atoms with Crippen LogP contribution < -0.4 is 5.32 Å². The number of hydrogen-bond acceptors (Lipinski definition) is 3. The molecule has 0 saturated carbocycles. The van der Waals surface area contributed by atoms with Crippen molar-refractivity contribution in [2.24, 2.45) is 5.92 Å². The predicted molar refractivity (Wildman–Crippen MR) is 66.9 cm³/mol. The zero-order valence-electron chi connectivity index (χ0n) is 11.3. The first kappa shape index (κ1) is 13.3. The van der Waals surface area contributed by atoms with E-state index >= 15 is 0 Å². The average molecular weight is 254 g/mol. The van der Waals surface area contributed by atoms with Crippen molar-refractivity contribution in [1.29, 1.82) is 0 Å². The third-order valence-electron chi connectivity index (χ3n) is 3.74. The molecule has 0 spiro atoms. The van der Waals surface area contributed by atoms with Crippen molar-refractivity contribution in [2.75, 3.05) is 13.2 Å². The maximum absolute atomic E-state index is 12.4. The molecule has 1 N–H and O–H groups in total. The van der Waals surface area contributed by atoms with E-state index in [1.165, 1.54) is 0 Å². The van der Waals surface area contributed by atoms with Gasteiger partial charge in [-0.05, 0) is 25.7 Å². The van der Waals surface area contributed by atoms with Crippen molar-refractivity contribution in [3.63, 3.8) is 0 Å². The SMILES string of the molecule is CC1CC(N2CC(=O)NC(C(C)C)C2=O)CCO1. The van der Waals surface area contributed by atoms with Gasteiger partial charge in [0.1, 0.15) is 6.04 Å². The quantitative estimate of drug-likeness (QED) is 0.782. The summed E-state index contributed by atoms with van der Waals surface area (Å²) < 4.78 is 5.50. The number of carbonyl (C=O) groups is 2. The summed E-state index contributed by atoms with van der Waals surface area (Å²) in [6, 6.07) is -0.224. The summed E-state index contributed by atoms with van der Waals surface area (Å²) >= 11 is 0. The maximum Gasteiger partial charge on any atom is 0.246 e. The van der Waals surface area contributed by atoms with Crippen LogP contribution in [0.3, 0.4) is 0 Å². The van der Waals surface area contributed by atoms with E-state index in [4.69, 9.17) is 4.74 Å². The van der Waals surface area contributed by atoms with Gasteiger partial charge in [-0.1, -0.05) is 13.8 Å². The molecule has 2 aliphatic rings. The number of hydrogen-bond donors (Lipinski definition) is 1. The molecule has 3 atom stereocenters. The van der Waals surface area contributed by atoms with Gasteiger partial charge in [0.15, 0.2) is 0 Å². The molecule has 2 saturated heterocycles. The second kappa shape index (κ2) is 5.26. The lowest BCUT2D eigenvalue weighted by atomic mass is 9.96. The van der Waals surface area contributed by atoms with Crippen LogP contribution in [0.15, 0.2) is 0 Å². The maximum atomic E-state index is 12.4. The molecule has 0 bridgehead atoms. The zero-order chi connectivity index (χ0) is 13.3. The minimum Gasteiger partial charge on any atom is -0.378 e. The molecule has 0 aromatic heterocycles. The highest BCUT2D eigenvalue weighted by Gasteiger charge is 2.39. The van der Waals surface area contributed by atoms with Gasteiger partial charge in [0, 0.05) is 12.6 Å². The summed E-state index contributed by atoms with van der Waals surface area (Å²) in [4.78, 5) is 25.9. The molecule has 2 heterocycles. The Morgan fingerprint density at radius 3 is 2.72 bits per heavy atom. The van der Waals surface area contributed by atoms with Gasteiger partial charge in [0.05, 0.1) is 12.6 Å². The minimum absolute atomic E-state index is 0.0487. The summed E-state index contributed by atoms with van der Waals surface area (Å²) in [6.07, 6.45) is 1.82. The van der Waals surface area contributed by atoms with Gasteiger partial charge in [-0.25, -0.2) is 0 Å². The molecule has 0 aromatic rings. The van der Waals surface area contributed by atoms with Gasteiger partial charge in [0.2, 0.25) is 11.8 Å². The molecular weight excluding hydrogens is 232 g/mol. The van der Waals surface area contributed by atoms with Crippen molar-refractivity contribution >= 4 is 11.8 Å². The van der Waals surface area contributed by atoms with Crippen LogP contribution in [0.2, 0.25) is 0 Å². The van der Waals surface area contributed by atoms with E-state index in [2.05, 4.69) is 5.32 Å². The van der Waals surface area contributed by atoms with Crippen molar-refractivity contribution in [3.05, 3.63) is 0 Å². The fourth-order valence-electron chi connectivity index (χ4n) is 2.71. The second-order valence-electron chi connectivity index (χ2n) is 5.61. The standard InChI is InChI=1S/C13H22N2O3/c1-8(2)12-13(17)15(7-11(16)14-12)10-4-5-18-9(3)6-10/h8-10,12H,4-7H2,1-3H3,(H,14,16). The Hall–Kier alpha value is -1.10. The number of nitrogens with one attached hydrogen (secondary N) is 1. The fraction of sp³-hybridized carbons (Fsp3) is 0.846. The number of amides is 2. The summed E-state index contributed by atoms with van der Waals surface area (Å²) in [6.45, 7) is 6.79. The highest BCUT2D eigenvalue weighted by atomic mass is 16.5. The van der Waals surface area contributed by atoms with E-state index in [1.54, 1.807) is 4.90 Å². The second-order valence-corrected chi connectivity index (χ2v) is 5.61.